The van der Waals surface area contributed by atoms with Gasteiger partial charge < -0.3 is 9.31 Å². The minimum absolute atomic E-state index is 0.0118. The van der Waals surface area contributed by atoms with Crippen LogP contribution < -0.4 is 0 Å². The Hall–Kier alpha value is -0.705. The van der Waals surface area contributed by atoms with Crippen molar-refractivity contribution in [3.8, 4) is 0 Å². The highest BCUT2D eigenvalue weighted by Crippen LogP contribution is 2.65. The van der Waals surface area contributed by atoms with E-state index < -0.39 is 0 Å². The van der Waals surface area contributed by atoms with Crippen molar-refractivity contribution in [1.82, 2.24) is 0 Å². The third-order valence-electron chi connectivity index (χ3n) is 6.51. The number of azide groups is 1. The lowest BCUT2D eigenvalue weighted by atomic mass is 9.43. The molecular weight excluding hydrogens is 277 g/mol. The van der Waals surface area contributed by atoms with Crippen LogP contribution >= 0.6 is 0 Å². The summed E-state index contributed by atoms with van der Waals surface area (Å²) in [5.41, 5.74) is 8.58. The molecule has 1 heterocycles. The molecule has 6 heteroatoms. The van der Waals surface area contributed by atoms with Crippen LogP contribution in [0, 0.1) is 17.3 Å². The molecular formula is C16H28BN3O2. The summed E-state index contributed by atoms with van der Waals surface area (Å²) in [5.74, 6) is 1.47. The fourth-order valence-corrected chi connectivity index (χ4v) is 4.97. The topological polar surface area (TPSA) is 67.2 Å². The normalized spacial score (nSPS) is 38.1. The summed E-state index contributed by atoms with van der Waals surface area (Å²) in [6, 6.07) is 0. The molecule has 1 saturated heterocycles. The van der Waals surface area contributed by atoms with Crippen LogP contribution in [0.4, 0.5) is 0 Å². The fraction of sp³-hybridized carbons (Fsp3) is 1.00. The van der Waals surface area contributed by atoms with Crippen molar-refractivity contribution in [3.05, 3.63) is 10.4 Å². The van der Waals surface area contributed by atoms with Crippen molar-refractivity contribution < 1.29 is 9.31 Å². The molecule has 0 aromatic rings. The van der Waals surface area contributed by atoms with Gasteiger partial charge in [-0.3, -0.25) is 0 Å². The Morgan fingerprint density at radius 2 is 1.95 bits per heavy atom. The van der Waals surface area contributed by atoms with Gasteiger partial charge in [-0.2, -0.15) is 0 Å². The Morgan fingerprint density at radius 3 is 2.68 bits per heavy atom. The molecule has 0 unspecified atom stereocenters. The second-order valence-electron chi connectivity index (χ2n) is 8.06. The molecule has 0 aromatic heterocycles. The van der Waals surface area contributed by atoms with E-state index in [4.69, 9.17) is 14.8 Å². The van der Waals surface area contributed by atoms with Crippen molar-refractivity contribution in [1.29, 1.82) is 0 Å². The molecule has 4 aliphatic rings. The van der Waals surface area contributed by atoms with Crippen LogP contribution in [0.5, 0.6) is 0 Å². The van der Waals surface area contributed by atoms with Crippen LogP contribution in [0.25, 0.3) is 10.4 Å². The van der Waals surface area contributed by atoms with Gasteiger partial charge in [0.05, 0.1) is 11.7 Å². The summed E-state index contributed by atoms with van der Waals surface area (Å²) in [7, 11) is -0.0118. The highest BCUT2D eigenvalue weighted by Gasteiger charge is 2.67. The minimum atomic E-state index is -0.0651. The number of nitrogens with zero attached hydrogens (tertiary/aromatic N) is 3. The average molecular weight is 305 g/mol. The van der Waals surface area contributed by atoms with E-state index in [0.29, 0.717) is 24.0 Å². The standard InChI is InChI=1S/C16H28BN3O2/c1-15(2)12-10-13(15)16(3)14(11-12)21-17(22-16)8-6-4-5-7-9-19-20-18/h12-14H,4-11H2,1-3H3/t12-,13-,14+,16-/m0/s1. The molecule has 4 atom stereocenters. The number of hydrogen-bond donors (Lipinski definition) is 0. The minimum Gasteiger partial charge on any atom is -0.405 e. The van der Waals surface area contributed by atoms with Gasteiger partial charge >= 0.3 is 7.12 Å². The molecule has 0 spiro atoms. The molecule has 3 aliphatic carbocycles. The van der Waals surface area contributed by atoms with Gasteiger partial charge in [-0.15, -0.1) is 0 Å². The third-order valence-corrected chi connectivity index (χ3v) is 6.51. The number of unbranched alkanes of at least 4 members (excludes halogenated alkanes) is 3. The smallest absolute Gasteiger partial charge is 0.405 e. The predicted molar refractivity (Wildman–Crippen MR) is 87.4 cm³/mol. The first-order valence-corrected chi connectivity index (χ1v) is 8.82. The molecule has 4 fully saturated rings. The van der Waals surface area contributed by atoms with E-state index >= 15 is 0 Å². The lowest BCUT2D eigenvalue weighted by Gasteiger charge is -2.64. The van der Waals surface area contributed by atoms with E-state index in [9.17, 15) is 0 Å². The number of hydrogen-bond acceptors (Lipinski definition) is 3. The van der Waals surface area contributed by atoms with Gasteiger partial charge in [-0.25, -0.2) is 0 Å². The zero-order valence-corrected chi connectivity index (χ0v) is 14.1. The van der Waals surface area contributed by atoms with Gasteiger partial charge in [-0.05, 0) is 55.3 Å². The predicted octanol–water partition coefficient (Wildman–Crippen LogP) is 4.59. The van der Waals surface area contributed by atoms with E-state index in [0.717, 1.165) is 37.9 Å². The molecule has 3 saturated carbocycles. The molecule has 4 rings (SSSR count). The maximum Gasteiger partial charge on any atom is 0.457 e. The Morgan fingerprint density at radius 1 is 1.18 bits per heavy atom. The van der Waals surface area contributed by atoms with Gasteiger partial charge in [-0.1, -0.05) is 38.2 Å². The van der Waals surface area contributed by atoms with Crippen molar-refractivity contribution in [2.45, 2.75) is 77.3 Å². The second kappa shape index (κ2) is 6.07. The summed E-state index contributed by atoms with van der Waals surface area (Å²) < 4.78 is 12.6. The van der Waals surface area contributed by atoms with Crippen LogP contribution in [0.15, 0.2) is 5.11 Å². The van der Waals surface area contributed by atoms with Crippen LogP contribution in [0.3, 0.4) is 0 Å². The summed E-state index contributed by atoms with van der Waals surface area (Å²) in [6.07, 6.45) is 8.16. The van der Waals surface area contributed by atoms with Crippen molar-refractivity contribution in [2.75, 3.05) is 6.54 Å². The van der Waals surface area contributed by atoms with Crippen LogP contribution in [0.2, 0.25) is 6.32 Å². The summed E-state index contributed by atoms with van der Waals surface area (Å²) in [5, 5.41) is 3.56. The Kier molecular flexibility index (Phi) is 4.46. The first kappa shape index (κ1) is 16.2. The summed E-state index contributed by atoms with van der Waals surface area (Å²) in [4.78, 5) is 2.77. The Balaban J connectivity index is 1.42. The quantitative estimate of drug-likeness (QED) is 0.227. The maximum absolute atomic E-state index is 8.23. The molecule has 1 aliphatic heterocycles. The molecule has 0 N–H and O–H groups in total. The highest BCUT2D eigenvalue weighted by atomic mass is 16.7. The summed E-state index contributed by atoms with van der Waals surface area (Å²) >= 11 is 0. The maximum atomic E-state index is 8.23. The fourth-order valence-electron chi connectivity index (χ4n) is 4.97. The van der Waals surface area contributed by atoms with E-state index in [1.807, 2.05) is 0 Å². The zero-order valence-electron chi connectivity index (χ0n) is 14.1. The zero-order chi connectivity index (χ0) is 15.8. The van der Waals surface area contributed by atoms with Crippen molar-refractivity contribution >= 4 is 7.12 Å². The number of rotatable bonds is 7. The second-order valence-corrected chi connectivity index (χ2v) is 8.06. The molecule has 0 amide bonds. The lowest BCUT2D eigenvalue weighted by Crippen LogP contribution is -2.65. The lowest BCUT2D eigenvalue weighted by molar-refractivity contribution is -0.199. The monoisotopic (exact) mass is 305 g/mol. The molecule has 122 valence electrons. The van der Waals surface area contributed by atoms with Crippen LogP contribution in [-0.4, -0.2) is 25.4 Å². The SMILES string of the molecule is CC1(C)[C@@H]2C[C@H]3OB(CCCCCCN=[N+]=[N-])O[C@@]3(C)[C@H]1C2. The molecule has 0 radical (unpaired) electrons. The molecule has 0 aromatic carbocycles. The van der Waals surface area contributed by atoms with Crippen molar-refractivity contribution in [2.24, 2.45) is 22.4 Å². The average Bonchev–Trinajstić information content (AvgIpc) is 2.81. The van der Waals surface area contributed by atoms with Crippen molar-refractivity contribution in [3.63, 3.8) is 0 Å². The molecule has 2 bridgehead atoms. The first-order valence-electron chi connectivity index (χ1n) is 8.82. The van der Waals surface area contributed by atoms with E-state index in [1.54, 1.807) is 0 Å². The van der Waals surface area contributed by atoms with E-state index in [-0.39, 0.29) is 12.7 Å². The van der Waals surface area contributed by atoms with E-state index in [2.05, 4.69) is 30.8 Å². The van der Waals surface area contributed by atoms with Gasteiger partial charge in [0.2, 0.25) is 0 Å². The largest absolute Gasteiger partial charge is 0.457 e. The molecule has 5 nitrogen and oxygen atoms in total. The Bertz CT molecular complexity index is 466. The van der Waals surface area contributed by atoms with Gasteiger partial charge in [0.15, 0.2) is 0 Å². The van der Waals surface area contributed by atoms with Gasteiger partial charge in [0, 0.05) is 11.5 Å². The molecule has 22 heavy (non-hydrogen) atoms. The summed E-state index contributed by atoms with van der Waals surface area (Å²) in [6.45, 7) is 7.69. The van der Waals surface area contributed by atoms with Gasteiger partial charge in [0.25, 0.3) is 0 Å². The highest BCUT2D eigenvalue weighted by molar-refractivity contribution is 6.45. The van der Waals surface area contributed by atoms with E-state index in [1.165, 1.54) is 12.8 Å². The van der Waals surface area contributed by atoms with Gasteiger partial charge in [0.1, 0.15) is 0 Å². The van der Waals surface area contributed by atoms with Crippen LogP contribution in [0.1, 0.15) is 59.3 Å². The third kappa shape index (κ3) is 2.66. The Labute approximate surface area is 133 Å². The van der Waals surface area contributed by atoms with Crippen LogP contribution in [-0.2, 0) is 9.31 Å². The first-order chi connectivity index (χ1) is 10.5.